The highest BCUT2D eigenvalue weighted by atomic mass is 35.5. The molecule has 4 nitrogen and oxygen atoms in total. The van der Waals surface area contributed by atoms with Crippen LogP contribution in [0.2, 0.25) is 5.02 Å². The van der Waals surface area contributed by atoms with Crippen molar-refractivity contribution in [1.82, 2.24) is 4.98 Å². The predicted octanol–water partition coefficient (Wildman–Crippen LogP) is 5.69. The molecule has 0 unspecified atom stereocenters. The summed E-state index contributed by atoms with van der Waals surface area (Å²) in [5.74, 6) is 1.39. The molecule has 27 heavy (non-hydrogen) atoms. The van der Waals surface area contributed by atoms with E-state index in [1.54, 1.807) is 6.08 Å². The van der Waals surface area contributed by atoms with Gasteiger partial charge in [0.15, 0.2) is 11.5 Å². The minimum Gasteiger partial charge on any atom is -0.490 e. The zero-order valence-electron chi connectivity index (χ0n) is 14.3. The summed E-state index contributed by atoms with van der Waals surface area (Å²) >= 11 is 7.38. The van der Waals surface area contributed by atoms with Crippen LogP contribution in [0.25, 0.3) is 22.9 Å². The highest BCUT2D eigenvalue weighted by molar-refractivity contribution is 7.11. The second-order valence-corrected chi connectivity index (χ2v) is 7.23. The summed E-state index contributed by atoms with van der Waals surface area (Å²) in [5.41, 5.74) is 3.08. The van der Waals surface area contributed by atoms with Crippen LogP contribution in [0.3, 0.4) is 0 Å². The number of aromatic nitrogens is 1. The van der Waals surface area contributed by atoms with Crippen LogP contribution in [-0.4, -0.2) is 18.2 Å². The van der Waals surface area contributed by atoms with Gasteiger partial charge in [0.05, 0.1) is 24.5 Å². The molecule has 3 aromatic rings. The molecule has 0 aliphatic carbocycles. The molecule has 2 heterocycles. The first-order chi connectivity index (χ1) is 13.2. The monoisotopic (exact) mass is 394 g/mol. The summed E-state index contributed by atoms with van der Waals surface area (Å²) in [6.07, 6.45) is 2.64. The molecule has 1 aromatic heterocycles. The van der Waals surface area contributed by atoms with Crippen LogP contribution in [0.15, 0.2) is 47.8 Å². The number of fused-ring (bicyclic) bond motifs is 1. The van der Waals surface area contributed by atoms with Gasteiger partial charge in [-0.15, -0.1) is 11.3 Å². The fourth-order valence-corrected chi connectivity index (χ4v) is 3.70. The molecule has 1 aliphatic heterocycles. The highest BCUT2D eigenvalue weighted by Crippen LogP contribution is 2.36. The van der Waals surface area contributed by atoms with Gasteiger partial charge in [-0.25, -0.2) is 4.98 Å². The molecular formula is C21H15ClN2O2S. The maximum absolute atomic E-state index is 9.68. The standard InChI is InChI=1S/C21H15ClN2O2S/c22-17-7-5-14(6-8-17)18-13-27-21(24-18)16(12-23)11-15-3-1-4-19-20(15)26-10-2-9-25-19/h1,3-8,11,13H,2,9-10H2. The summed E-state index contributed by atoms with van der Waals surface area (Å²) in [6.45, 7) is 1.22. The van der Waals surface area contributed by atoms with E-state index >= 15 is 0 Å². The van der Waals surface area contributed by atoms with Crippen LogP contribution < -0.4 is 9.47 Å². The van der Waals surface area contributed by atoms with E-state index in [1.165, 1.54) is 11.3 Å². The maximum Gasteiger partial charge on any atom is 0.168 e. The zero-order chi connectivity index (χ0) is 18.6. The van der Waals surface area contributed by atoms with Crippen LogP contribution in [0.1, 0.15) is 17.0 Å². The van der Waals surface area contributed by atoms with Gasteiger partial charge in [-0.1, -0.05) is 35.9 Å². The van der Waals surface area contributed by atoms with Crippen molar-refractivity contribution in [2.24, 2.45) is 0 Å². The van der Waals surface area contributed by atoms with Crippen molar-refractivity contribution < 1.29 is 9.47 Å². The predicted molar refractivity (Wildman–Crippen MR) is 108 cm³/mol. The molecule has 134 valence electrons. The van der Waals surface area contributed by atoms with Crippen molar-refractivity contribution in [3.05, 3.63) is 63.4 Å². The van der Waals surface area contributed by atoms with Crippen LogP contribution in [-0.2, 0) is 0 Å². The molecule has 0 N–H and O–H groups in total. The molecule has 0 amide bonds. The molecule has 0 fully saturated rings. The van der Waals surface area contributed by atoms with Crippen molar-refractivity contribution >= 4 is 34.6 Å². The number of nitrogens with zero attached hydrogens (tertiary/aromatic N) is 2. The number of hydrogen-bond acceptors (Lipinski definition) is 5. The first-order valence-electron chi connectivity index (χ1n) is 8.47. The Morgan fingerprint density at radius 2 is 1.96 bits per heavy atom. The van der Waals surface area contributed by atoms with Crippen LogP contribution >= 0.6 is 22.9 Å². The Hall–Kier alpha value is -2.81. The van der Waals surface area contributed by atoms with E-state index in [0.29, 0.717) is 40.3 Å². The number of benzene rings is 2. The first kappa shape index (κ1) is 17.6. The zero-order valence-corrected chi connectivity index (χ0v) is 15.9. The lowest BCUT2D eigenvalue weighted by atomic mass is 10.1. The Bertz CT molecular complexity index is 1040. The van der Waals surface area contributed by atoms with Gasteiger partial charge in [0.1, 0.15) is 11.1 Å². The van der Waals surface area contributed by atoms with Gasteiger partial charge in [0, 0.05) is 28.0 Å². The largest absolute Gasteiger partial charge is 0.490 e. The summed E-state index contributed by atoms with van der Waals surface area (Å²) in [5, 5.41) is 13.0. The average molecular weight is 395 g/mol. The van der Waals surface area contributed by atoms with Crippen molar-refractivity contribution in [2.75, 3.05) is 13.2 Å². The van der Waals surface area contributed by atoms with Crippen molar-refractivity contribution in [3.8, 4) is 28.8 Å². The van der Waals surface area contributed by atoms with E-state index in [9.17, 15) is 5.26 Å². The van der Waals surface area contributed by atoms with Crippen molar-refractivity contribution in [1.29, 1.82) is 5.26 Å². The van der Waals surface area contributed by atoms with E-state index in [2.05, 4.69) is 11.1 Å². The van der Waals surface area contributed by atoms with Gasteiger partial charge >= 0.3 is 0 Å². The Morgan fingerprint density at radius 3 is 2.78 bits per heavy atom. The molecule has 0 atom stereocenters. The second-order valence-electron chi connectivity index (χ2n) is 5.94. The van der Waals surface area contributed by atoms with Crippen LogP contribution in [0.5, 0.6) is 11.5 Å². The number of ether oxygens (including phenoxy) is 2. The smallest absolute Gasteiger partial charge is 0.168 e. The Morgan fingerprint density at radius 1 is 1.15 bits per heavy atom. The Balaban J connectivity index is 1.69. The molecule has 0 bridgehead atoms. The Labute approximate surface area is 166 Å². The summed E-state index contributed by atoms with van der Waals surface area (Å²) in [4.78, 5) is 4.62. The fraction of sp³-hybridized carbons (Fsp3) is 0.143. The van der Waals surface area contributed by atoms with E-state index in [4.69, 9.17) is 21.1 Å². The number of allylic oxidation sites excluding steroid dienone is 1. The maximum atomic E-state index is 9.68. The number of halogens is 1. The lowest BCUT2D eigenvalue weighted by Crippen LogP contribution is -1.98. The van der Waals surface area contributed by atoms with Crippen molar-refractivity contribution in [3.63, 3.8) is 0 Å². The van der Waals surface area contributed by atoms with Gasteiger partial charge in [-0.05, 0) is 24.3 Å². The summed E-state index contributed by atoms with van der Waals surface area (Å²) in [6, 6.07) is 15.4. The topological polar surface area (TPSA) is 55.1 Å². The second kappa shape index (κ2) is 7.83. The molecule has 0 radical (unpaired) electrons. The third kappa shape index (κ3) is 3.82. The fourth-order valence-electron chi connectivity index (χ4n) is 2.78. The van der Waals surface area contributed by atoms with E-state index in [1.807, 2.05) is 47.8 Å². The lowest BCUT2D eigenvalue weighted by molar-refractivity contribution is 0.296. The third-order valence-corrected chi connectivity index (χ3v) is 5.22. The molecule has 1 aliphatic rings. The average Bonchev–Trinajstić information content (AvgIpc) is 3.04. The van der Waals surface area contributed by atoms with Crippen LogP contribution in [0, 0.1) is 11.3 Å². The molecule has 6 heteroatoms. The van der Waals surface area contributed by atoms with Gasteiger partial charge in [0.2, 0.25) is 0 Å². The normalized spacial score (nSPS) is 13.7. The highest BCUT2D eigenvalue weighted by Gasteiger charge is 2.15. The number of rotatable bonds is 3. The van der Waals surface area contributed by atoms with Crippen LogP contribution in [0.4, 0.5) is 0 Å². The third-order valence-electron chi connectivity index (χ3n) is 4.10. The Kier molecular flexibility index (Phi) is 5.10. The van der Waals surface area contributed by atoms with Crippen molar-refractivity contribution in [2.45, 2.75) is 6.42 Å². The number of nitriles is 1. The van der Waals surface area contributed by atoms with Gasteiger partial charge in [-0.3, -0.25) is 0 Å². The summed E-state index contributed by atoms with van der Waals surface area (Å²) in [7, 11) is 0. The number of thiazole rings is 1. The van der Waals surface area contributed by atoms with E-state index in [0.717, 1.165) is 23.2 Å². The number of para-hydroxylation sites is 1. The quantitative estimate of drug-likeness (QED) is 0.535. The van der Waals surface area contributed by atoms with E-state index in [-0.39, 0.29) is 0 Å². The molecule has 2 aromatic carbocycles. The first-order valence-corrected chi connectivity index (χ1v) is 9.72. The minimum absolute atomic E-state index is 0.487. The minimum atomic E-state index is 0.487. The molecular weight excluding hydrogens is 380 g/mol. The van der Waals surface area contributed by atoms with Gasteiger partial charge in [0.25, 0.3) is 0 Å². The van der Waals surface area contributed by atoms with E-state index < -0.39 is 0 Å². The molecule has 0 saturated heterocycles. The SMILES string of the molecule is N#CC(=Cc1cccc2c1OCCCO2)c1nc(-c2ccc(Cl)cc2)cs1. The molecule has 0 spiro atoms. The van der Waals surface area contributed by atoms with Gasteiger partial charge < -0.3 is 9.47 Å². The van der Waals surface area contributed by atoms with Gasteiger partial charge in [-0.2, -0.15) is 5.26 Å². The summed E-state index contributed by atoms with van der Waals surface area (Å²) < 4.78 is 11.6. The number of hydrogen-bond donors (Lipinski definition) is 0. The molecule has 0 saturated carbocycles. The molecule has 4 rings (SSSR count). The lowest BCUT2D eigenvalue weighted by Gasteiger charge is -2.10.